The van der Waals surface area contributed by atoms with Gasteiger partial charge in [-0.3, -0.25) is 9.59 Å². The Hall–Kier alpha value is -1.47. The third-order valence-corrected chi connectivity index (χ3v) is 3.91. The van der Waals surface area contributed by atoms with E-state index in [1.807, 2.05) is 0 Å². The summed E-state index contributed by atoms with van der Waals surface area (Å²) < 4.78 is 10.7. The third kappa shape index (κ3) is 3.08. The molecule has 0 radical (unpaired) electrons. The Labute approximate surface area is 124 Å². The predicted molar refractivity (Wildman–Crippen MR) is 73.8 cm³/mol. The topological polar surface area (TPSA) is 110 Å². The molecule has 7 heteroatoms. The zero-order valence-electron chi connectivity index (χ0n) is 12.9. The minimum atomic E-state index is -2.12. The predicted octanol–water partition coefficient (Wildman–Crippen LogP) is 1.55. The summed E-state index contributed by atoms with van der Waals surface area (Å²) >= 11 is 0. The van der Waals surface area contributed by atoms with Crippen LogP contribution in [0.2, 0.25) is 0 Å². The van der Waals surface area contributed by atoms with Crippen LogP contribution in [0.3, 0.4) is 0 Å². The van der Waals surface area contributed by atoms with Crippen molar-refractivity contribution in [3.05, 3.63) is 0 Å². The largest absolute Gasteiger partial charge is 0.481 e. The molecule has 2 unspecified atom stereocenters. The first-order valence-electron chi connectivity index (χ1n) is 7.00. The minimum absolute atomic E-state index is 0.119. The number of ether oxygens (including phenoxy) is 2. The van der Waals surface area contributed by atoms with Gasteiger partial charge in [0.2, 0.25) is 0 Å². The first-order valence-corrected chi connectivity index (χ1v) is 7.00. The number of carboxylic acid groups (broad SMARTS) is 2. The Morgan fingerprint density at radius 3 is 1.67 bits per heavy atom. The van der Waals surface area contributed by atoms with E-state index in [0.29, 0.717) is 0 Å². The summed E-state index contributed by atoms with van der Waals surface area (Å²) in [5.74, 6) is -2.91. The number of aldehydes is 1. The SMILES string of the molecule is CCOC(OCC)C(CC)(C(=O)O)C(C=O)(CC)C(=O)O. The maximum Gasteiger partial charge on any atom is 0.318 e. The number of carbonyl (C=O) groups is 3. The molecular weight excluding hydrogens is 280 g/mol. The highest BCUT2D eigenvalue weighted by Gasteiger charge is 2.65. The molecule has 0 aromatic heterocycles. The van der Waals surface area contributed by atoms with Gasteiger partial charge in [0.1, 0.15) is 17.1 Å². The smallest absolute Gasteiger partial charge is 0.318 e. The third-order valence-electron chi connectivity index (χ3n) is 3.91. The quantitative estimate of drug-likeness (QED) is 0.338. The van der Waals surface area contributed by atoms with Gasteiger partial charge < -0.3 is 24.5 Å². The highest BCUT2D eigenvalue weighted by molar-refractivity contribution is 5.99. The number of hydrogen-bond donors (Lipinski definition) is 2. The van der Waals surface area contributed by atoms with Crippen LogP contribution in [0.5, 0.6) is 0 Å². The highest BCUT2D eigenvalue weighted by Crippen LogP contribution is 2.48. The van der Waals surface area contributed by atoms with Gasteiger partial charge in [0.05, 0.1) is 0 Å². The molecule has 0 fully saturated rings. The average Bonchev–Trinajstić information content (AvgIpc) is 2.44. The van der Waals surface area contributed by atoms with Gasteiger partial charge in [0, 0.05) is 13.2 Å². The van der Waals surface area contributed by atoms with E-state index < -0.39 is 29.1 Å². The van der Waals surface area contributed by atoms with Crippen molar-refractivity contribution in [1.82, 2.24) is 0 Å². The zero-order valence-corrected chi connectivity index (χ0v) is 12.9. The molecule has 21 heavy (non-hydrogen) atoms. The normalized spacial score (nSPS) is 17.0. The second-order valence-corrected chi connectivity index (χ2v) is 4.62. The van der Waals surface area contributed by atoms with Crippen molar-refractivity contribution in [2.24, 2.45) is 10.8 Å². The number of aliphatic carboxylic acids is 2. The lowest BCUT2D eigenvalue weighted by Crippen LogP contribution is -2.60. The van der Waals surface area contributed by atoms with Crippen LogP contribution in [0.1, 0.15) is 40.5 Å². The molecule has 0 saturated carbocycles. The summed E-state index contributed by atoms with van der Waals surface area (Å²) in [6.07, 6.45) is -1.43. The fourth-order valence-electron chi connectivity index (χ4n) is 2.67. The molecule has 0 spiro atoms. The number of carbonyl (C=O) groups excluding carboxylic acids is 1. The summed E-state index contributed by atoms with van der Waals surface area (Å²) in [5.41, 5.74) is -4.12. The van der Waals surface area contributed by atoms with Gasteiger partial charge in [-0.05, 0) is 26.7 Å². The molecule has 2 N–H and O–H groups in total. The van der Waals surface area contributed by atoms with E-state index in [1.165, 1.54) is 13.8 Å². The van der Waals surface area contributed by atoms with Crippen molar-refractivity contribution in [3.63, 3.8) is 0 Å². The molecule has 0 saturated heterocycles. The monoisotopic (exact) mass is 304 g/mol. The Morgan fingerprint density at radius 2 is 1.48 bits per heavy atom. The molecule has 0 rings (SSSR count). The Morgan fingerprint density at radius 1 is 1.00 bits per heavy atom. The molecule has 0 heterocycles. The van der Waals surface area contributed by atoms with Crippen molar-refractivity contribution in [3.8, 4) is 0 Å². The van der Waals surface area contributed by atoms with Crippen LogP contribution >= 0.6 is 0 Å². The number of hydrogen-bond acceptors (Lipinski definition) is 5. The van der Waals surface area contributed by atoms with Gasteiger partial charge in [-0.25, -0.2) is 0 Å². The summed E-state index contributed by atoms with van der Waals surface area (Å²) in [7, 11) is 0. The molecule has 0 aliphatic heterocycles. The summed E-state index contributed by atoms with van der Waals surface area (Å²) in [4.78, 5) is 35.2. The van der Waals surface area contributed by atoms with Crippen LogP contribution in [0.25, 0.3) is 0 Å². The van der Waals surface area contributed by atoms with E-state index in [0.717, 1.165) is 0 Å². The van der Waals surface area contributed by atoms with E-state index >= 15 is 0 Å². The zero-order chi connectivity index (χ0) is 16.7. The van der Waals surface area contributed by atoms with E-state index in [9.17, 15) is 24.6 Å². The fraction of sp³-hybridized carbons (Fsp3) is 0.786. The second kappa shape index (κ2) is 8.09. The van der Waals surface area contributed by atoms with Crippen molar-refractivity contribution < 1.29 is 34.1 Å². The molecular formula is C14H24O7. The molecule has 2 atom stereocenters. The molecule has 122 valence electrons. The van der Waals surface area contributed by atoms with E-state index in [2.05, 4.69) is 0 Å². The van der Waals surface area contributed by atoms with Crippen molar-refractivity contribution >= 4 is 18.2 Å². The number of rotatable bonds is 11. The average molecular weight is 304 g/mol. The van der Waals surface area contributed by atoms with Crippen molar-refractivity contribution in [2.75, 3.05) is 13.2 Å². The van der Waals surface area contributed by atoms with Crippen LogP contribution in [-0.2, 0) is 23.9 Å². The van der Waals surface area contributed by atoms with Gasteiger partial charge in [-0.1, -0.05) is 13.8 Å². The maximum atomic E-state index is 11.9. The van der Waals surface area contributed by atoms with Crippen LogP contribution in [0, 0.1) is 10.8 Å². The van der Waals surface area contributed by atoms with Crippen LogP contribution in [0.4, 0.5) is 0 Å². The Kier molecular flexibility index (Phi) is 7.52. The van der Waals surface area contributed by atoms with Gasteiger partial charge in [0.25, 0.3) is 0 Å². The molecule has 0 amide bonds. The van der Waals surface area contributed by atoms with Crippen LogP contribution in [-0.4, -0.2) is 47.9 Å². The molecule has 0 aromatic rings. The van der Waals surface area contributed by atoms with Gasteiger partial charge >= 0.3 is 11.9 Å². The minimum Gasteiger partial charge on any atom is -0.481 e. The Balaban J connectivity index is 6.32. The highest BCUT2D eigenvalue weighted by atomic mass is 16.7. The first-order chi connectivity index (χ1) is 9.84. The maximum absolute atomic E-state index is 11.9. The van der Waals surface area contributed by atoms with Crippen LogP contribution < -0.4 is 0 Å². The van der Waals surface area contributed by atoms with Crippen molar-refractivity contribution in [1.29, 1.82) is 0 Å². The molecule has 7 nitrogen and oxygen atoms in total. The molecule has 0 aliphatic carbocycles. The lowest BCUT2D eigenvalue weighted by Gasteiger charge is -2.44. The number of carboxylic acids is 2. The molecule has 0 aromatic carbocycles. The standard InChI is InChI=1S/C14H24O7/c1-5-13(9-15,10(16)17)14(6-2,11(18)19)12(20-7-3)21-8-4/h9,12H,5-8H2,1-4H3,(H,16,17)(H,18,19). The first kappa shape index (κ1) is 19.5. The van der Waals surface area contributed by atoms with E-state index in [1.54, 1.807) is 13.8 Å². The summed E-state index contributed by atoms with van der Waals surface area (Å²) in [5, 5.41) is 19.2. The summed E-state index contributed by atoms with van der Waals surface area (Å²) in [6.45, 7) is 6.53. The van der Waals surface area contributed by atoms with E-state index in [4.69, 9.17) is 9.47 Å². The van der Waals surface area contributed by atoms with Crippen LogP contribution in [0.15, 0.2) is 0 Å². The van der Waals surface area contributed by atoms with Crippen molar-refractivity contribution in [2.45, 2.75) is 46.8 Å². The Bertz CT molecular complexity index is 376. The second-order valence-electron chi connectivity index (χ2n) is 4.62. The molecule has 0 aliphatic rings. The van der Waals surface area contributed by atoms with E-state index in [-0.39, 0.29) is 32.3 Å². The molecule has 0 bridgehead atoms. The fourth-order valence-corrected chi connectivity index (χ4v) is 2.67. The lowest BCUT2D eigenvalue weighted by atomic mass is 9.60. The van der Waals surface area contributed by atoms with Gasteiger partial charge in [-0.15, -0.1) is 0 Å². The van der Waals surface area contributed by atoms with Gasteiger partial charge in [0.15, 0.2) is 6.29 Å². The lowest BCUT2D eigenvalue weighted by molar-refractivity contribution is -0.243. The summed E-state index contributed by atoms with van der Waals surface area (Å²) in [6, 6.07) is 0. The van der Waals surface area contributed by atoms with Gasteiger partial charge in [-0.2, -0.15) is 0 Å².